The maximum atomic E-state index is 13.2. The average molecular weight is 271 g/mol. The molecule has 18 heavy (non-hydrogen) atoms. The standard InChI is InChI=1S/C11H8F3N3S/c1-6-5-18-11(16-6)17-15-4-8-9(13)2-7(12)3-10(8)14/h2-5H,1H3,(H,16,17). The molecule has 0 fully saturated rings. The summed E-state index contributed by atoms with van der Waals surface area (Å²) in [6.07, 6.45) is 0.945. The zero-order chi connectivity index (χ0) is 13.1. The van der Waals surface area contributed by atoms with Crippen molar-refractivity contribution in [1.29, 1.82) is 0 Å². The SMILES string of the molecule is Cc1csc(NN=Cc2c(F)cc(F)cc2F)n1. The van der Waals surface area contributed by atoms with Gasteiger partial charge in [-0.05, 0) is 6.92 Å². The molecule has 3 nitrogen and oxygen atoms in total. The molecule has 2 rings (SSSR count). The second kappa shape index (κ2) is 5.18. The number of benzene rings is 1. The Kier molecular flexibility index (Phi) is 3.61. The molecule has 0 saturated heterocycles. The lowest BCUT2D eigenvalue weighted by molar-refractivity contribution is 0.541. The van der Waals surface area contributed by atoms with Crippen molar-refractivity contribution in [2.45, 2.75) is 6.92 Å². The van der Waals surface area contributed by atoms with E-state index >= 15 is 0 Å². The van der Waals surface area contributed by atoms with Gasteiger partial charge in [-0.1, -0.05) is 0 Å². The number of halogens is 3. The molecule has 0 atom stereocenters. The lowest BCUT2D eigenvalue weighted by Crippen LogP contribution is -1.98. The Bertz CT molecular complexity index is 572. The highest BCUT2D eigenvalue weighted by Crippen LogP contribution is 2.15. The molecular formula is C11H8F3N3S. The van der Waals surface area contributed by atoms with Crippen LogP contribution in [0.1, 0.15) is 11.3 Å². The number of thiazole rings is 1. The lowest BCUT2D eigenvalue weighted by Gasteiger charge is -1.99. The van der Waals surface area contributed by atoms with Gasteiger partial charge in [-0.3, -0.25) is 5.43 Å². The van der Waals surface area contributed by atoms with Crippen LogP contribution in [0.15, 0.2) is 22.6 Å². The summed E-state index contributed by atoms with van der Waals surface area (Å²) in [4.78, 5) is 4.05. The molecule has 2 aromatic rings. The number of hydrogen-bond donors (Lipinski definition) is 1. The van der Waals surface area contributed by atoms with E-state index in [1.807, 2.05) is 6.92 Å². The van der Waals surface area contributed by atoms with Gasteiger partial charge >= 0.3 is 0 Å². The predicted octanol–water partition coefficient (Wildman–Crippen LogP) is 3.31. The molecule has 7 heteroatoms. The van der Waals surface area contributed by atoms with E-state index in [1.54, 1.807) is 5.38 Å². The summed E-state index contributed by atoms with van der Waals surface area (Å²) in [7, 11) is 0. The van der Waals surface area contributed by atoms with Crippen LogP contribution in [0.2, 0.25) is 0 Å². The molecule has 0 amide bonds. The van der Waals surface area contributed by atoms with Gasteiger partial charge in [0.05, 0.1) is 17.5 Å². The summed E-state index contributed by atoms with van der Waals surface area (Å²) in [5.41, 5.74) is 2.94. The van der Waals surface area contributed by atoms with Gasteiger partial charge in [0, 0.05) is 17.5 Å². The molecule has 0 aliphatic rings. The van der Waals surface area contributed by atoms with Crippen LogP contribution in [0, 0.1) is 24.4 Å². The van der Waals surface area contributed by atoms with E-state index in [9.17, 15) is 13.2 Å². The topological polar surface area (TPSA) is 37.3 Å². The Hall–Kier alpha value is -1.89. The van der Waals surface area contributed by atoms with Crippen LogP contribution in [0.4, 0.5) is 18.3 Å². The number of aryl methyl sites for hydroxylation is 1. The lowest BCUT2D eigenvalue weighted by atomic mass is 10.2. The maximum absolute atomic E-state index is 13.2. The third-order valence-electron chi connectivity index (χ3n) is 2.02. The molecule has 0 spiro atoms. The Morgan fingerprint density at radius 2 is 1.94 bits per heavy atom. The van der Waals surface area contributed by atoms with Crippen molar-refractivity contribution >= 4 is 22.7 Å². The van der Waals surface area contributed by atoms with Crippen molar-refractivity contribution in [3.8, 4) is 0 Å². The van der Waals surface area contributed by atoms with Crippen molar-refractivity contribution in [3.63, 3.8) is 0 Å². The van der Waals surface area contributed by atoms with Crippen molar-refractivity contribution in [3.05, 3.63) is 46.2 Å². The van der Waals surface area contributed by atoms with Crippen LogP contribution >= 0.6 is 11.3 Å². The Morgan fingerprint density at radius 1 is 1.28 bits per heavy atom. The van der Waals surface area contributed by atoms with Gasteiger partial charge in [-0.25, -0.2) is 18.2 Å². The first-order valence-electron chi connectivity index (χ1n) is 4.92. The highest BCUT2D eigenvalue weighted by Gasteiger charge is 2.09. The van der Waals surface area contributed by atoms with Crippen molar-refractivity contribution < 1.29 is 13.2 Å². The van der Waals surface area contributed by atoms with Crippen molar-refractivity contribution in [1.82, 2.24) is 4.98 Å². The van der Waals surface area contributed by atoms with Crippen LogP contribution in [0.5, 0.6) is 0 Å². The first kappa shape index (κ1) is 12.6. The van der Waals surface area contributed by atoms with Crippen LogP contribution in [0.3, 0.4) is 0 Å². The monoisotopic (exact) mass is 271 g/mol. The minimum absolute atomic E-state index is 0.405. The molecule has 0 aliphatic heterocycles. The van der Waals surface area contributed by atoms with E-state index in [-0.39, 0.29) is 0 Å². The second-order valence-electron chi connectivity index (χ2n) is 3.45. The van der Waals surface area contributed by atoms with Gasteiger partial charge in [-0.15, -0.1) is 11.3 Å². The molecule has 0 saturated carbocycles. The van der Waals surface area contributed by atoms with Crippen LogP contribution in [-0.4, -0.2) is 11.2 Å². The molecule has 94 valence electrons. The molecule has 0 bridgehead atoms. The zero-order valence-corrected chi connectivity index (χ0v) is 10.1. The fourth-order valence-corrected chi connectivity index (χ4v) is 1.87. The number of hydrazone groups is 1. The molecular weight excluding hydrogens is 263 g/mol. The molecule has 1 heterocycles. The van der Waals surface area contributed by atoms with E-state index in [4.69, 9.17) is 0 Å². The Labute approximate surface area is 105 Å². The summed E-state index contributed by atoms with van der Waals surface area (Å²) in [5, 5.41) is 5.96. The van der Waals surface area contributed by atoms with E-state index in [0.29, 0.717) is 17.3 Å². The van der Waals surface area contributed by atoms with Gasteiger partial charge in [0.15, 0.2) is 0 Å². The highest BCUT2D eigenvalue weighted by atomic mass is 32.1. The summed E-state index contributed by atoms with van der Waals surface area (Å²) in [6, 6.07) is 1.19. The van der Waals surface area contributed by atoms with E-state index in [1.165, 1.54) is 11.3 Å². The van der Waals surface area contributed by atoms with E-state index < -0.39 is 23.0 Å². The quantitative estimate of drug-likeness (QED) is 0.687. The number of nitrogens with zero attached hydrogens (tertiary/aromatic N) is 2. The Balaban J connectivity index is 2.14. The number of anilines is 1. The smallest absolute Gasteiger partial charge is 0.203 e. The van der Waals surface area contributed by atoms with Gasteiger partial charge in [0.1, 0.15) is 17.5 Å². The molecule has 1 N–H and O–H groups in total. The maximum Gasteiger partial charge on any atom is 0.203 e. The van der Waals surface area contributed by atoms with E-state index in [0.717, 1.165) is 11.9 Å². The van der Waals surface area contributed by atoms with Crippen LogP contribution in [-0.2, 0) is 0 Å². The second-order valence-corrected chi connectivity index (χ2v) is 4.31. The van der Waals surface area contributed by atoms with Gasteiger partial charge in [0.25, 0.3) is 0 Å². The van der Waals surface area contributed by atoms with Gasteiger partial charge in [-0.2, -0.15) is 5.10 Å². The Morgan fingerprint density at radius 3 is 2.50 bits per heavy atom. The summed E-state index contributed by atoms with van der Waals surface area (Å²) < 4.78 is 39.1. The van der Waals surface area contributed by atoms with Gasteiger partial charge in [0.2, 0.25) is 5.13 Å². The molecule has 0 aliphatic carbocycles. The third kappa shape index (κ3) is 2.86. The van der Waals surface area contributed by atoms with Crippen molar-refractivity contribution in [2.75, 3.05) is 5.43 Å². The van der Waals surface area contributed by atoms with Crippen LogP contribution < -0.4 is 5.43 Å². The molecule has 1 aromatic carbocycles. The fourth-order valence-electron chi connectivity index (χ4n) is 1.23. The first-order chi connectivity index (χ1) is 8.56. The van der Waals surface area contributed by atoms with Gasteiger partial charge < -0.3 is 0 Å². The molecule has 0 radical (unpaired) electrons. The number of nitrogens with one attached hydrogen (secondary N) is 1. The molecule has 1 aromatic heterocycles. The molecule has 0 unspecified atom stereocenters. The number of hydrogen-bond acceptors (Lipinski definition) is 4. The average Bonchev–Trinajstić information content (AvgIpc) is 2.68. The van der Waals surface area contributed by atoms with Crippen LogP contribution in [0.25, 0.3) is 0 Å². The summed E-state index contributed by atoms with van der Waals surface area (Å²) in [5.74, 6) is -2.98. The zero-order valence-electron chi connectivity index (χ0n) is 9.25. The van der Waals surface area contributed by atoms with Crippen molar-refractivity contribution in [2.24, 2.45) is 5.10 Å². The largest absolute Gasteiger partial charge is 0.253 e. The number of aromatic nitrogens is 1. The summed E-state index contributed by atoms with van der Waals surface area (Å²) in [6.45, 7) is 1.81. The fraction of sp³-hybridized carbons (Fsp3) is 0.0909. The minimum Gasteiger partial charge on any atom is -0.253 e. The highest BCUT2D eigenvalue weighted by molar-refractivity contribution is 7.13. The normalized spacial score (nSPS) is 11.1. The number of rotatable bonds is 3. The third-order valence-corrected chi connectivity index (χ3v) is 2.88. The first-order valence-corrected chi connectivity index (χ1v) is 5.80. The predicted molar refractivity (Wildman–Crippen MR) is 64.4 cm³/mol. The minimum atomic E-state index is -1.01. The summed E-state index contributed by atoms with van der Waals surface area (Å²) >= 11 is 1.31. The van der Waals surface area contributed by atoms with E-state index in [2.05, 4.69) is 15.5 Å².